The van der Waals surface area contributed by atoms with E-state index in [4.69, 9.17) is 4.52 Å². The van der Waals surface area contributed by atoms with Gasteiger partial charge in [0, 0.05) is 44.6 Å². The van der Waals surface area contributed by atoms with E-state index >= 15 is 0 Å². The first kappa shape index (κ1) is 17.5. The number of rotatable bonds is 6. The maximum atomic E-state index is 13.9. The molecule has 0 aliphatic carbocycles. The number of amides is 1. The molecule has 1 aliphatic heterocycles. The van der Waals surface area contributed by atoms with Crippen molar-refractivity contribution < 1.29 is 13.7 Å². The van der Waals surface area contributed by atoms with E-state index in [9.17, 15) is 9.18 Å². The van der Waals surface area contributed by atoms with Crippen LogP contribution in [-0.2, 0) is 17.8 Å². The Morgan fingerprint density at radius 2 is 2.36 bits per heavy atom. The first-order valence-corrected chi connectivity index (χ1v) is 8.44. The number of halogens is 1. The van der Waals surface area contributed by atoms with Gasteiger partial charge in [-0.25, -0.2) is 4.39 Å². The largest absolute Gasteiger partial charge is 0.360 e. The highest BCUT2D eigenvalue weighted by Gasteiger charge is 2.34. The highest BCUT2D eigenvalue weighted by atomic mass is 19.1. The smallest absolute Gasteiger partial charge is 0.226 e. The van der Waals surface area contributed by atoms with Crippen LogP contribution in [0.25, 0.3) is 0 Å². The number of alkyl halides is 1. The zero-order chi connectivity index (χ0) is 17.8. The molecule has 1 fully saturated rings. The number of hydrogen-bond acceptors (Lipinski definition) is 5. The summed E-state index contributed by atoms with van der Waals surface area (Å²) in [5, 5.41) is 3.87. The lowest BCUT2D eigenvalue weighted by molar-refractivity contribution is -0.129. The Labute approximate surface area is 146 Å². The predicted molar refractivity (Wildman–Crippen MR) is 90.5 cm³/mol. The average Bonchev–Trinajstić information content (AvgIpc) is 3.14. The Hall–Kier alpha value is -2.28. The first-order valence-electron chi connectivity index (χ1n) is 8.44. The number of aryl methyl sites for hydroxylation is 1. The predicted octanol–water partition coefficient (Wildman–Crippen LogP) is 1.99. The number of aromatic nitrogens is 2. The molecule has 0 bridgehead atoms. The summed E-state index contributed by atoms with van der Waals surface area (Å²) >= 11 is 0. The number of nitrogens with zero attached hydrogens (tertiary/aromatic N) is 4. The second-order valence-electron chi connectivity index (χ2n) is 6.66. The van der Waals surface area contributed by atoms with Gasteiger partial charge in [-0.2, -0.15) is 0 Å². The minimum atomic E-state index is -0.879. The summed E-state index contributed by atoms with van der Waals surface area (Å²) in [5.74, 6) is 0.728. The topological polar surface area (TPSA) is 62.5 Å². The summed E-state index contributed by atoms with van der Waals surface area (Å²) in [5.41, 5.74) is 1.69. The maximum Gasteiger partial charge on any atom is 0.226 e. The van der Waals surface area contributed by atoms with E-state index in [0.717, 1.165) is 17.0 Å². The van der Waals surface area contributed by atoms with E-state index in [1.807, 2.05) is 30.0 Å². The molecule has 2 atom stereocenters. The van der Waals surface area contributed by atoms with Crippen molar-refractivity contribution in [3.8, 4) is 0 Å². The first-order chi connectivity index (χ1) is 12.0. The molecule has 2 aromatic rings. The number of hydrogen-bond donors (Lipinski definition) is 0. The van der Waals surface area contributed by atoms with E-state index < -0.39 is 6.17 Å². The molecule has 7 heteroatoms. The number of likely N-dealkylation sites (tertiary alicyclic amines) is 1. The lowest BCUT2D eigenvalue weighted by Gasteiger charge is -2.27. The fourth-order valence-electron chi connectivity index (χ4n) is 3.23. The number of carbonyl (C=O) groups is 1. The molecule has 2 aromatic heterocycles. The van der Waals surface area contributed by atoms with Crippen molar-refractivity contribution in [2.45, 2.75) is 38.5 Å². The van der Waals surface area contributed by atoms with E-state index in [1.165, 1.54) is 0 Å². The molecule has 0 aromatic carbocycles. The molecule has 1 saturated heterocycles. The van der Waals surface area contributed by atoms with Crippen LogP contribution in [-0.4, -0.2) is 58.2 Å². The molecule has 6 nitrogen and oxygen atoms in total. The van der Waals surface area contributed by atoms with Crippen molar-refractivity contribution in [1.82, 2.24) is 19.9 Å². The van der Waals surface area contributed by atoms with Crippen molar-refractivity contribution in [2.24, 2.45) is 0 Å². The number of likely N-dealkylation sites (N-methyl/N-ethyl adjacent to an activating group) is 1. The molecular weight excluding hydrogens is 323 g/mol. The molecule has 0 N–H and O–H groups in total. The third-order valence-corrected chi connectivity index (χ3v) is 4.50. The zero-order valence-corrected chi connectivity index (χ0v) is 14.6. The van der Waals surface area contributed by atoms with Gasteiger partial charge in [0.05, 0.1) is 18.7 Å². The third-order valence-electron chi connectivity index (χ3n) is 4.50. The van der Waals surface area contributed by atoms with Gasteiger partial charge < -0.3 is 9.42 Å². The van der Waals surface area contributed by atoms with Crippen LogP contribution in [0.4, 0.5) is 4.39 Å². The molecule has 3 rings (SSSR count). The van der Waals surface area contributed by atoms with Crippen LogP contribution in [0, 0.1) is 6.92 Å². The fraction of sp³-hybridized carbons (Fsp3) is 0.500. The molecule has 25 heavy (non-hydrogen) atoms. The second-order valence-corrected chi connectivity index (χ2v) is 6.66. The standard InChI is InChI=1S/C18H23FN4O2/c1-13-6-17(25-21-13)12-23-10-15(19)8-16(23)11-22(2)18(24)7-14-4-3-5-20-9-14/h3-6,9,15-16H,7-8,10-12H2,1-2H3/t15-,16-/m0/s1. The Morgan fingerprint density at radius 1 is 1.52 bits per heavy atom. The maximum absolute atomic E-state index is 13.9. The van der Waals surface area contributed by atoms with Crippen LogP contribution >= 0.6 is 0 Å². The monoisotopic (exact) mass is 346 g/mol. The van der Waals surface area contributed by atoms with Gasteiger partial charge >= 0.3 is 0 Å². The highest BCUT2D eigenvalue weighted by Crippen LogP contribution is 2.23. The van der Waals surface area contributed by atoms with Gasteiger partial charge in [0.2, 0.25) is 5.91 Å². The van der Waals surface area contributed by atoms with E-state index in [-0.39, 0.29) is 11.9 Å². The summed E-state index contributed by atoms with van der Waals surface area (Å²) in [7, 11) is 1.76. The Bertz CT molecular complexity index is 706. The molecule has 0 unspecified atom stereocenters. The van der Waals surface area contributed by atoms with Crippen molar-refractivity contribution >= 4 is 5.91 Å². The minimum Gasteiger partial charge on any atom is -0.360 e. The molecule has 0 spiro atoms. The van der Waals surface area contributed by atoms with Crippen molar-refractivity contribution in [3.05, 3.63) is 47.6 Å². The number of pyridine rings is 1. The van der Waals surface area contributed by atoms with Gasteiger partial charge in [0.25, 0.3) is 0 Å². The van der Waals surface area contributed by atoms with Gasteiger partial charge in [0.15, 0.2) is 5.76 Å². The number of carbonyl (C=O) groups excluding carboxylic acids is 1. The highest BCUT2D eigenvalue weighted by molar-refractivity contribution is 5.78. The molecule has 0 radical (unpaired) electrons. The SMILES string of the molecule is Cc1cc(CN2C[C@@H](F)C[C@H]2CN(C)C(=O)Cc2cccnc2)on1. The van der Waals surface area contributed by atoms with E-state index in [2.05, 4.69) is 10.1 Å². The van der Waals surface area contributed by atoms with Gasteiger partial charge in [-0.15, -0.1) is 0 Å². The van der Waals surface area contributed by atoms with Gasteiger partial charge in [0.1, 0.15) is 6.17 Å². The third kappa shape index (κ3) is 4.63. The minimum absolute atomic E-state index is 0.00534. The normalized spacial score (nSPS) is 20.8. The van der Waals surface area contributed by atoms with Crippen molar-refractivity contribution in [3.63, 3.8) is 0 Å². The van der Waals surface area contributed by atoms with Crippen molar-refractivity contribution in [1.29, 1.82) is 0 Å². The summed E-state index contributed by atoms with van der Waals surface area (Å²) in [6.07, 6.45) is 3.23. The van der Waals surface area contributed by atoms with Gasteiger partial charge in [-0.1, -0.05) is 11.2 Å². The Balaban J connectivity index is 1.58. The molecule has 1 aliphatic rings. The van der Waals surface area contributed by atoms with Crippen molar-refractivity contribution in [2.75, 3.05) is 20.1 Å². The van der Waals surface area contributed by atoms with E-state index in [1.54, 1.807) is 24.3 Å². The van der Waals surface area contributed by atoms with Crippen LogP contribution in [0.1, 0.15) is 23.4 Å². The van der Waals surface area contributed by atoms with Crippen LogP contribution in [0.15, 0.2) is 35.1 Å². The summed E-state index contributed by atoms with van der Waals surface area (Å²) in [6.45, 7) is 3.22. The van der Waals surface area contributed by atoms with Gasteiger partial charge in [-0.3, -0.25) is 14.7 Å². The molecule has 1 amide bonds. The molecule has 0 saturated carbocycles. The molecule has 3 heterocycles. The summed E-state index contributed by atoms with van der Waals surface area (Å²) < 4.78 is 19.2. The average molecular weight is 346 g/mol. The van der Waals surface area contributed by atoms with Crippen LogP contribution in [0.5, 0.6) is 0 Å². The summed E-state index contributed by atoms with van der Waals surface area (Å²) in [4.78, 5) is 20.1. The Morgan fingerprint density at radius 3 is 3.04 bits per heavy atom. The van der Waals surface area contributed by atoms with Crippen LogP contribution in [0.3, 0.4) is 0 Å². The second kappa shape index (κ2) is 7.74. The van der Waals surface area contributed by atoms with Gasteiger partial charge in [-0.05, 0) is 25.0 Å². The zero-order valence-electron chi connectivity index (χ0n) is 14.6. The fourth-order valence-corrected chi connectivity index (χ4v) is 3.23. The Kier molecular flexibility index (Phi) is 5.43. The van der Waals surface area contributed by atoms with Crippen LogP contribution in [0.2, 0.25) is 0 Å². The van der Waals surface area contributed by atoms with E-state index in [0.29, 0.717) is 32.5 Å². The molecular formula is C18H23FN4O2. The molecule has 134 valence electrons. The lowest BCUT2D eigenvalue weighted by atomic mass is 10.1. The quantitative estimate of drug-likeness (QED) is 0.800. The lowest BCUT2D eigenvalue weighted by Crippen LogP contribution is -2.41. The van der Waals surface area contributed by atoms with Crippen LogP contribution < -0.4 is 0 Å². The summed E-state index contributed by atoms with van der Waals surface area (Å²) in [6, 6.07) is 5.53.